The van der Waals surface area contributed by atoms with E-state index in [1.54, 1.807) is 17.6 Å². The molecular weight excluding hydrogens is 1540 g/mol. The Kier molecular flexibility index (Phi) is 33.4. The van der Waals surface area contributed by atoms with Gasteiger partial charge in [-0.25, -0.2) is 14.6 Å². The molecule has 3 aromatic rings. The molecule has 0 aliphatic carbocycles. The zero-order valence-electron chi connectivity index (χ0n) is 36.4. The van der Waals surface area contributed by atoms with Crippen LogP contribution in [0.3, 0.4) is 0 Å². The van der Waals surface area contributed by atoms with E-state index in [0.717, 1.165) is 41.0 Å². The number of nitrogens with zero attached hydrogens (tertiary/aromatic N) is 2. The van der Waals surface area contributed by atoms with Crippen LogP contribution in [0.25, 0.3) is 22.3 Å². The second kappa shape index (κ2) is 34.1. The number of pyridine rings is 2. The molecule has 0 spiro atoms. The average molecular weight is 1600 g/mol. The molecule has 1 fully saturated rings. The van der Waals surface area contributed by atoms with E-state index in [9.17, 15) is 28.8 Å². The van der Waals surface area contributed by atoms with Crippen molar-refractivity contribution in [3.8, 4) is 11.4 Å². The van der Waals surface area contributed by atoms with Crippen LogP contribution in [0.5, 0.6) is 0 Å². The predicted octanol–water partition coefficient (Wildman–Crippen LogP) is 8.11. The first kappa shape index (κ1) is 62.7. The predicted molar refractivity (Wildman–Crippen MR) is 235 cm³/mol. The maximum absolute atomic E-state index is 13.5. The minimum Gasteiger partial charge on any atom is -0.499 e. The van der Waals surface area contributed by atoms with Crippen LogP contribution in [0.15, 0.2) is 41.2 Å². The van der Waals surface area contributed by atoms with Gasteiger partial charge in [0.2, 0.25) is 5.60 Å². The Morgan fingerprint density at radius 3 is 2.06 bits per heavy atom. The van der Waals surface area contributed by atoms with Gasteiger partial charge in [0.1, 0.15) is 6.61 Å². The molecule has 2 unspecified atom stereocenters. The zero-order valence-corrected chi connectivity index (χ0v) is 50.5. The van der Waals surface area contributed by atoms with E-state index in [1.807, 2.05) is 51.9 Å². The second-order valence-electron chi connectivity index (χ2n) is 13.4. The number of para-hydroxylation sites is 1. The summed E-state index contributed by atoms with van der Waals surface area (Å²) < 4.78 is 31.1. The summed E-state index contributed by atoms with van der Waals surface area (Å²) in [6.45, 7) is 23.3. The quantitative estimate of drug-likeness (QED) is 0.0279. The van der Waals surface area contributed by atoms with E-state index in [2.05, 4.69) is 51.0 Å². The van der Waals surface area contributed by atoms with Crippen LogP contribution in [0.4, 0.5) is 4.79 Å². The van der Waals surface area contributed by atoms with E-state index in [-0.39, 0.29) is 156 Å². The van der Waals surface area contributed by atoms with E-state index >= 15 is 0 Å². The van der Waals surface area contributed by atoms with Crippen molar-refractivity contribution in [3.63, 3.8) is 0 Å². The molecule has 0 bridgehead atoms. The molecule has 6 rings (SSSR count). The van der Waals surface area contributed by atoms with Crippen LogP contribution in [-0.2, 0) is 66.4 Å². The van der Waals surface area contributed by atoms with Crippen LogP contribution in [0.1, 0.15) is 87.8 Å². The summed E-state index contributed by atoms with van der Waals surface area (Å²) in [6, 6.07) is 11.2. The topological polar surface area (TPSA) is 176 Å². The van der Waals surface area contributed by atoms with Gasteiger partial charge in [-0.15, -0.1) is 0 Å². The van der Waals surface area contributed by atoms with Gasteiger partial charge in [0.25, 0.3) is 5.56 Å². The molecule has 3 aliphatic heterocycles. The van der Waals surface area contributed by atoms with Crippen LogP contribution < -0.4 is 5.56 Å². The first-order valence-corrected chi connectivity index (χ1v) is 22.5. The van der Waals surface area contributed by atoms with Gasteiger partial charge in [0, 0.05) is 46.8 Å². The molecular formula is C45H56N2O12S2U3. The standard InChI is InChI=1S/C28H25N2O9.C10H17O2S2.C4H8O.C3H6.3U/c1-3-28(39-27(35)38-23(32)11-7-10-22(31)36-4-2)19-13-21-24-17(12-16-8-5-6-9-20(16)29-24)14-30(21)25(33)18(19)15-37-26(28)34;1-2-12-10(11)6-4-3-5-9-7-8-13-14-9;1-3-5-4-2;1-3-2;;;/h5-6,8-9,12-13H,2-4,7,10-11,14-15H2,1H3;9H,1-8H2;1-4H2;1-3H2;;;/q2*-1;2*-2;3*+2. The number of unbranched alkanes of at least 4 members (excludes halogenated alkanes) is 1. The average Bonchev–Trinajstić information content (AvgIpc) is 3.89. The molecule has 14 nitrogen and oxygen atoms in total. The van der Waals surface area contributed by atoms with Gasteiger partial charge < -0.3 is 81.0 Å². The second-order valence-corrected chi connectivity index (χ2v) is 16.2. The number of carbonyl (C=O) groups is 5. The molecule has 0 amide bonds. The molecule has 2 aromatic heterocycles. The Balaban J connectivity index is 0.00000132. The number of cyclic esters (lactones) is 1. The van der Waals surface area contributed by atoms with Gasteiger partial charge in [-0.1, -0.05) is 66.3 Å². The smallest absolute Gasteiger partial charge is 0.499 e. The van der Waals surface area contributed by atoms with Crippen molar-refractivity contribution < 1.29 is 146 Å². The third-order valence-electron chi connectivity index (χ3n) is 9.30. The number of hydrogen-bond acceptors (Lipinski definition) is 15. The van der Waals surface area contributed by atoms with Crippen molar-refractivity contribution in [2.24, 2.45) is 0 Å². The number of hydrogen-bond donors (Lipinski definition) is 0. The molecule has 64 heavy (non-hydrogen) atoms. The molecule has 5 heterocycles. The fourth-order valence-corrected chi connectivity index (χ4v) is 9.47. The van der Waals surface area contributed by atoms with Crippen molar-refractivity contribution in [2.75, 3.05) is 32.2 Å². The fraction of sp³-hybridized carbons (Fsp3) is 0.444. The minimum absolute atomic E-state index is 0. The monoisotopic (exact) mass is 1590 g/mol. The number of benzene rings is 1. The van der Waals surface area contributed by atoms with E-state index in [4.69, 9.17) is 23.9 Å². The van der Waals surface area contributed by atoms with E-state index in [1.165, 1.54) is 18.6 Å². The largest absolute Gasteiger partial charge is 2.00 e. The van der Waals surface area contributed by atoms with Crippen molar-refractivity contribution in [3.05, 3.63) is 105 Å². The Morgan fingerprint density at radius 2 is 1.48 bits per heavy atom. The third kappa shape index (κ3) is 19.0. The van der Waals surface area contributed by atoms with Crippen molar-refractivity contribution in [1.82, 2.24) is 9.55 Å². The summed E-state index contributed by atoms with van der Waals surface area (Å²) in [5.41, 5.74) is 0.596. The molecule has 342 valence electrons. The minimum atomic E-state index is -2.00. The maximum atomic E-state index is 13.5. The first-order valence-electron chi connectivity index (χ1n) is 20.1. The molecule has 2 atom stereocenters. The van der Waals surface area contributed by atoms with E-state index in [0.29, 0.717) is 37.6 Å². The number of carbonyl (C=O) groups excluding carboxylic acids is 5. The molecule has 0 saturated carbocycles. The number of rotatable bonds is 15. The Morgan fingerprint density at radius 1 is 0.859 bits per heavy atom. The summed E-state index contributed by atoms with van der Waals surface area (Å²) in [4.78, 5) is 78.5. The van der Waals surface area contributed by atoms with E-state index < -0.39 is 35.2 Å². The number of fused-ring (bicyclic) bond motifs is 5. The van der Waals surface area contributed by atoms with Gasteiger partial charge >= 0.3 is 123 Å². The van der Waals surface area contributed by atoms with Crippen LogP contribution in [-0.4, -0.2) is 77.0 Å². The van der Waals surface area contributed by atoms with Crippen LogP contribution >= 0.6 is 21.6 Å². The number of esters is 4. The van der Waals surface area contributed by atoms with Crippen molar-refractivity contribution in [2.45, 2.75) is 95.1 Å². The van der Waals surface area contributed by atoms with Gasteiger partial charge in [-0.3, -0.25) is 19.2 Å². The summed E-state index contributed by atoms with van der Waals surface area (Å²) in [6.07, 6.45) is 4.25. The summed E-state index contributed by atoms with van der Waals surface area (Å²) in [5, 5.41) is 1.75. The summed E-state index contributed by atoms with van der Waals surface area (Å²) in [5.74, 6) is -1.18. The van der Waals surface area contributed by atoms with Gasteiger partial charge in [0.05, 0.1) is 29.0 Å². The van der Waals surface area contributed by atoms with Crippen LogP contribution in [0, 0.1) is 135 Å². The molecule has 0 radical (unpaired) electrons. The Hall–Kier alpha value is -1.25. The number of aromatic nitrogens is 2. The molecule has 1 aromatic carbocycles. The summed E-state index contributed by atoms with van der Waals surface area (Å²) >= 11 is 0. The Labute approximate surface area is 456 Å². The van der Waals surface area contributed by atoms with Gasteiger partial charge in [-0.05, 0) is 63.5 Å². The Bertz CT molecular complexity index is 2000. The maximum Gasteiger partial charge on any atom is 2.00 e. The normalized spacial score (nSPS) is 15.9. The van der Waals surface area contributed by atoms with Crippen molar-refractivity contribution >= 4 is 62.5 Å². The SMILES string of the molecule is [CH2-]COC(=O)CCCC(=O)OC(=O)OC1(CC)C(=O)OCc2c1cc1n(c2=O)Cc2cc3ccccc3nc2-1.[CH2-]COC(=O)CCCCC1CCSS1.[CH2-]COC[CH2-].[CH2-]C[CH2-].[U+2].[U+2].[U+2]. The molecule has 1 saturated heterocycles. The molecule has 19 heteroatoms. The zero-order chi connectivity index (χ0) is 44.8. The molecule has 3 aliphatic rings. The van der Waals surface area contributed by atoms with Gasteiger partial charge in [-0.2, -0.15) is 0 Å². The first-order chi connectivity index (χ1) is 29.4. The summed E-state index contributed by atoms with van der Waals surface area (Å²) in [7, 11) is 3.97. The fourth-order valence-electron chi connectivity index (χ4n) is 6.45. The number of ether oxygens (including phenoxy) is 6. The van der Waals surface area contributed by atoms with Gasteiger partial charge in [0.15, 0.2) is 0 Å². The molecule has 0 N–H and O–H groups in total. The third-order valence-corrected chi connectivity index (χ3v) is 12.3. The van der Waals surface area contributed by atoms with Crippen LogP contribution in [0.2, 0.25) is 0 Å². The van der Waals surface area contributed by atoms with Crippen molar-refractivity contribution in [1.29, 1.82) is 0 Å².